The van der Waals surface area contributed by atoms with E-state index in [0.29, 0.717) is 34.5 Å². The third kappa shape index (κ3) is 3.24. The van der Waals surface area contributed by atoms with Crippen LogP contribution < -0.4 is 9.47 Å². The molecule has 0 N–H and O–H groups in total. The molecule has 0 aliphatic carbocycles. The maximum Gasteiger partial charge on any atom is 0.232 e. The number of ether oxygens (including phenoxy) is 2. The standard InChI is InChI=1S/C21H15ClO4/c1-13-8-17(25-12-14-4-2-5-15(22)9-14)11-18-20(13)21(23)19(26-18)10-16-6-3-7-24-16/h2-11H,12H2,1H3/b19-10-. The molecule has 1 aliphatic rings. The predicted octanol–water partition coefficient (Wildman–Crippen LogP) is 5.44. The summed E-state index contributed by atoms with van der Waals surface area (Å²) in [5.41, 5.74) is 2.32. The maximum absolute atomic E-state index is 12.6. The summed E-state index contributed by atoms with van der Waals surface area (Å²) in [5, 5.41) is 0.665. The van der Waals surface area contributed by atoms with Gasteiger partial charge in [0.25, 0.3) is 0 Å². The summed E-state index contributed by atoms with van der Waals surface area (Å²) in [4.78, 5) is 12.6. The molecule has 0 spiro atoms. The molecule has 1 aromatic heterocycles. The largest absolute Gasteiger partial charge is 0.489 e. The van der Waals surface area contributed by atoms with Crippen molar-refractivity contribution < 1.29 is 18.7 Å². The van der Waals surface area contributed by atoms with Crippen LogP contribution in [0, 0.1) is 6.92 Å². The zero-order valence-electron chi connectivity index (χ0n) is 14.0. The van der Waals surface area contributed by atoms with Crippen LogP contribution in [-0.4, -0.2) is 5.78 Å². The lowest BCUT2D eigenvalue weighted by Crippen LogP contribution is -2.00. The van der Waals surface area contributed by atoms with Gasteiger partial charge in [0.15, 0.2) is 5.76 Å². The van der Waals surface area contributed by atoms with Crippen molar-refractivity contribution in [3.8, 4) is 11.5 Å². The Bertz CT molecular complexity index is 1000. The fourth-order valence-electron chi connectivity index (χ4n) is 2.86. The summed E-state index contributed by atoms with van der Waals surface area (Å²) < 4.78 is 16.8. The number of hydrogen-bond acceptors (Lipinski definition) is 4. The number of halogens is 1. The molecule has 2 aromatic carbocycles. The van der Waals surface area contributed by atoms with E-state index in [-0.39, 0.29) is 11.5 Å². The zero-order chi connectivity index (χ0) is 18.1. The van der Waals surface area contributed by atoms with E-state index < -0.39 is 0 Å². The molecule has 0 bridgehead atoms. The Hall–Kier alpha value is -2.98. The number of carbonyl (C=O) groups excluding carboxylic acids is 1. The van der Waals surface area contributed by atoms with E-state index in [9.17, 15) is 4.79 Å². The summed E-state index contributed by atoms with van der Waals surface area (Å²) in [6.07, 6.45) is 3.14. The number of carbonyl (C=O) groups is 1. The molecule has 0 unspecified atom stereocenters. The lowest BCUT2D eigenvalue weighted by molar-refractivity contribution is 0.101. The molecule has 0 fully saturated rings. The number of fused-ring (bicyclic) bond motifs is 1. The zero-order valence-corrected chi connectivity index (χ0v) is 14.7. The number of hydrogen-bond donors (Lipinski definition) is 0. The molecular weight excluding hydrogens is 352 g/mol. The first-order chi connectivity index (χ1) is 12.6. The van der Waals surface area contributed by atoms with Gasteiger partial charge in [-0.15, -0.1) is 0 Å². The fourth-order valence-corrected chi connectivity index (χ4v) is 3.07. The van der Waals surface area contributed by atoms with Crippen molar-refractivity contribution in [2.75, 3.05) is 0 Å². The van der Waals surface area contributed by atoms with E-state index in [1.165, 1.54) is 0 Å². The first kappa shape index (κ1) is 16.5. The number of rotatable bonds is 4. The van der Waals surface area contributed by atoms with Gasteiger partial charge < -0.3 is 13.9 Å². The molecule has 130 valence electrons. The third-order valence-corrected chi connectivity index (χ3v) is 4.29. The first-order valence-electron chi connectivity index (χ1n) is 8.10. The number of Topliss-reactive ketones (excluding diaryl/α,β-unsaturated/α-hetero) is 1. The summed E-state index contributed by atoms with van der Waals surface area (Å²) in [5.74, 6) is 1.78. The highest BCUT2D eigenvalue weighted by Crippen LogP contribution is 2.37. The summed E-state index contributed by atoms with van der Waals surface area (Å²) in [6.45, 7) is 2.24. The lowest BCUT2D eigenvalue weighted by Gasteiger charge is -2.09. The average Bonchev–Trinajstić information content (AvgIpc) is 3.22. The Kier molecular flexibility index (Phi) is 4.27. The summed E-state index contributed by atoms with van der Waals surface area (Å²) >= 11 is 5.99. The maximum atomic E-state index is 12.6. The molecule has 26 heavy (non-hydrogen) atoms. The number of aryl methyl sites for hydroxylation is 1. The molecular formula is C21H15ClO4. The van der Waals surface area contributed by atoms with Crippen LogP contribution in [0.2, 0.25) is 5.02 Å². The number of furan rings is 1. The lowest BCUT2D eigenvalue weighted by atomic mass is 10.0. The van der Waals surface area contributed by atoms with Gasteiger partial charge >= 0.3 is 0 Å². The molecule has 0 amide bonds. The van der Waals surface area contributed by atoms with Crippen molar-refractivity contribution in [1.82, 2.24) is 0 Å². The van der Waals surface area contributed by atoms with Gasteiger partial charge in [0.2, 0.25) is 5.78 Å². The minimum absolute atomic E-state index is 0.157. The third-order valence-electron chi connectivity index (χ3n) is 4.05. The van der Waals surface area contributed by atoms with E-state index in [0.717, 1.165) is 11.1 Å². The molecule has 0 saturated heterocycles. The second kappa shape index (κ2) is 6.73. The van der Waals surface area contributed by atoms with Crippen LogP contribution in [0.1, 0.15) is 27.2 Å². The molecule has 1 aliphatic heterocycles. The van der Waals surface area contributed by atoms with Crippen molar-refractivity contribution in [3.63, 3.8) is 0 Å². The fraction of sp³-hybridized carbons (Fsp3) is 0.0952. The minimum atomic E-state index is -0.157. The van der Waals surface area contributed by atoms with Crippen LogP contribution in [-0.2, 0) is 6.61 Å². The predicted molar refractivity (Wildman–Crippen MR) is 98.6 cm³/mol. The molecule has 2 heterocycles. The van der Waals surface area contributed by atoms with Crippen molar-refractivity contribution >= 4 is 23.5 Å². The Morgan fingerprint density at radius 1 is 1.15 bits per heavy atom. The Balaban J connectivity index is 1.57. The van der Waals surface area contributed by atoms with Gasteiger partial charge in [-0.05, 0) is 48.4 Å². The SMILES string of the molecule is Cc1cc(OCc2cccc(Cl)c2)cc2c1C(=O)/C(=C/c1ccco1)O2. The minimum Gasteiger partial charge on any atom is -0.489 e. The smallest absolute Gasteiger partial charge is 0.232 e. The van der Waals surface area contributed by atoms with Crippen LogP contribution in [0.4, 0.5) is 0 Å². The van der Waals surface area contributed by atoms with Gasteiger partial charge in [-0.3, -0.25) is 4.79 Å². The van der Waals surface area contributed by atoms with Crippen LogP contribution in [0.5, 0.6) is 11.5 Å². The number of ketones is 1. The van der Waals surface area contributed by atoms with Crippen molar-refractivity contribution in [2.24, 2.45) is 0 Å². The molecule has 5 heteroatoms. The Morgan fingerprint density at radius 3 is 2.81 bits per heavy atom. The Morgan fingerprint density at radius 2 is 2.04 bits per heavy atom. The molecule has 4 rings (SSSR count). The van der Waals surface area contributed by atoms with Crippen LogP contribution in [0.15, 0.2) is 65.0 Å². The molecule has 4 nitrogen and oxygen atoms in total. The van der Waals surface area contributed by atoms with Gasteiger partial charge in [-0.2, -0.15) is 0 Å². The molecule has 0 atom stereocenters. The van der Waals surface area contributed by atoms with E-state index in [1.807, 2.05) is 37.3 Å². The van der Waals surface area contributed by atoms with Crippen LogP contribution in [0.3, 0.4) is 0 Å². The van der Waals surface area contributed by atoms with Gasteiger partial charge in [0.05, 0.1) is 11.8 Å². The molecule has 0 radical (unpaired) electrons. The topological polar surface area (TPSA) is 48.7 Å². The molecule has 0 saturated carbocycles. The van der Waals surface area contributed by atoms with Gasteiger partial charge in [0.1, 0.15) is 23.9 Å². The Labute approximate surface area is 155 Å². The van der Waals surface area contributed by atoms with E-state index in [2.05, 4.69) is 0 Å². The summed E-state index contributed by atoms with van der Waals surface area (Å²) in [7, 11) is 0. The highest BCUT2D eigenvalue weighted by atomic mass is 35.5. The van der Waals surface area contributed by atoms with E-state index in [4.69, 9.17) is 25.5 Å². The van der Waals surface area contributed by atoms with Gasteiger partial charge in [-0.25, -0.2) is 0 Å². The second-order valence-electron chi connectivity index (χ2n) is 5.99. The second-order valence-corrected chi connectivity index (χ2v) is 6.42. The van der Waals surface area contributed by atoms with Crippen molar-refractivity contribution in [3.05, 3.63) is 88.0 Å². The van der Waals surface area contributed by atoms with Gasteiger partial charge in [-0.1, -0.05) is 23.7 Å². The average molecular weight is 367 g/mol. The van der Waals surface area contributed by atoms with Gasteiger partial charge in [0, 0.05) is 17.2 Å². The monoisotopic (exact) mass is 366 g/mol. The highest BCUT2D eigenvalue weighted by Gasteiger charge is 2.30. The number of benzene rings is 2. The first-order valence-corrected chi connectivity index (χ1v) is 8.47. The normalized spacial score (nSPS) is 14.4. The van der Waals surface area contributed by atoms with Crippen LogP contribution in [0.25, 0.3) is 6.08 Å². The quantitative estimate of drug-likeness (QED) is 0.577. The highest BCUT2D eigenvalue weighted by molar-refractivity contribution is 6.30. The number of allylic oxidation sites excluding steroid dienone is 1. The van der Waals surface area contributed by atoms with E-state index in [1.54, 1.807) is 30.5 Å². The molecule has 3 aromatic rings. The van der Waals surface area contributed by atoms with Crippen LogP contribution >= 0.6 is 11.6 Å². The summed E-state index contributed by atoms with van der Waals surface area (Å²) in [6, 6.07) is 14.6. The van der Waals surface area contributed by atoms with Crippen molar-refractivity contribution in [1.29, 1.82) is 0 Å². The van der Waals surface area contributed by atoms with Crippen molar-refractivity contribution in [2.45, 2.75) is 13.5 Å². The van der Waals surface area contributed by atoms with E-state index >= 15 is 0 Å².